The first-order valence-corrected chi connectivity index (χ1v) is 9.17. The van der Waals surface area contributed by atoms with Crippen molar-refractivity contribution < 1.29 is 4.74 Å². The lowest BCUT2D eigenvalue weighted by Crippen LogP contribution is -2.01. The van der Waals surface area contributed by atoms with Crippen LogP contribution in [0, 0.1) is 0 Å². The number of thioether (sulfide) groups is 1. The van der Waals surface area contributed by atoms with E-state index in [9.17, 15) is 0 Å². The highest BCUT2D eigenvalue weighted by molar-refractivity contribution is 7.98. The standard InChI is InChI=1S/C19H22ClNOS/c1-22-18-11-9-14(13-15(18)5-4-12-21)8-10-16-17(20)6-3-7-19(16)23-2/h3,6-11,13H,4-5,12,21H2,1-2H3/b10-8+. The van der Waals surface area contributed by atoms with Crippen LogP contribution in [0.25, 0.3) is 12.2 Å². The monoisotopic (exact) mass is 347 g/mol. The first-order valence-electron chi connectivity index (χ1n) is 7.57. The number of rotatable bonds is 7. The summed E-state index contributed by atoms with van der Waals surface area (Å²) in [6.07, 6.45) is 8.09. The maximum Gasteiger partial charge on any atom is 0.122 e. The average Bonchev–Trinajstić information content (AvgIpc) is 2.58. The zero-order valence-electron chi connectivity index (χ0n) is 13.5. The summed E-state index contributed by atoms with van der Waals surface area (Å²) in [5, 5.41) is 0.768. The molecule has 0 radical (unpaired) electrons. The van der Waals surface area contributed by atoms with Crippen LogP contribution in [0.5, 0.6) is 5.75 Å². The molecule has 0 aromatic heterocycles. The van der Waals surface area contributed by atoms with Gasteiger partial charge in [-0.15, -0.1) is 11.8 Å². The Morgan fingerprint density at radius 1 is 1.22 bits per heavy atom. The van der Waals surface area contributed by atoms with Crippen LogP contribution in [-0.2, 0) is 6.42 Å². The summed E-state index contributed by atoms with van der Waals surface area (Å²) in [5.41, 5.74) is 8.99. The molecule has 0 unspecified atom stereocenters. The number of benzene rings is 2. The van der Waals surface area contributed by atoms with Gasteiger partial charge in [0.15, 0.2) is 0 Å². The molecular formula is C19H22ClNOS. The molecule has 0 aliphatic rings. The maximum atomic E-state index is 6.32. The molecule has 0 saturated carbocycles. The number of aryl methyl sites for hydroxylation is 1. The molecule has 0 amide bonds. The molecule has 0 atom stereocenters. The normalized spacial score (nSPS) is 11.1. The van der Waals surface area contributed by atoms with E-state index in [1.54, 1.807) is 18.9 Å². The van der Waals surface area contributed by atoms with Crippen LogP contribution >= 0.6 is 23.4 Å². The van der Waals surface area contributed by atoms with Gasteiger partial charge in [0.05, 0.1) is 7.11 Å². The zero-order chi connectivity index (χ0) is 16.7. The predicted octanol–water partition coefficient (Wildman–Crippen LogP) is 5.13. The fourth-order valence-electron chi connectivity index (χ4n) is 2.43. The van der Waals surface area contributed by atoms with Crippen molar-refractivity contribution in [3.05, 3.63) is 58.1 Å². The van der Waals surface area contributed by atoms with Crippen molar-refractivity contribution in [2.75, 3.05) is 19.9 Å². The number of ether oxygens (including phenoxy) is 1. The average molecular weight is 348 g/mol. The van der Waals surface area contributed by atoms with Crippen molar-refractivity contribution >= 4 is 35.5 Å². The predicted molar refractivity (Wildman–Crippen MR) is 103 cm³/mol. The van der Waals surface area contributed by atoms with Gasteiger partial charge >= 0.3 is 0 Å². The van der Waals surface area contributed by atoms with Crippen molar-refractivity contribution in [3.63, 3.8) is 0 Å². The van der Waals surface area contributed by atoms with Crippen LogP contribution < -0.4 is 10.5 Å². The van der Waals surface area contributed by atoms with Crippen molar-refractivity contribution in [2.45, 2.75) is 17.7 Å². The smallest absolute Gasteiger partial charge is 0.122 e. The SMILES string of the molecule is COc1ccc(/C=C/c2c(Cl)cccc2SC)cc1CCCN. The summed E-state index contributed by atoms with van der Waals surface area (Å²) in [5.74, 6) is 0.915. The maximum absolute atomic E-state index is 6.32. The summed E-state index contributed by atoms with van der Waals surface area (Å²) in [6.45, 7) is 0.680. The molecule has 0 fully saturated rings. The molecule has 0 bridgehead atoms. The molecule has 0 heterocycles. The van der Waals surface area contributed by atoms with Crippen molar-refractivity contribution in [1.29, 1.82) is 0 Å². The van der Waals surface area contributed by atoms with Gasteiger partial charge < -0.3 is 10.5 Å². The largest absolute Gasteiger partial charge is 0.496 e. The van der Waals surface area contributed by atoms with Gasteiger partial charge in [-0.2, -0.15) is 0 Å². The fourth-order valence-corrected chi connectivity index (χ4v) is 3.33. The minimum Gasteiger partial charge on any atom is -0.496 e. The Kier molecular flexibility index (Phi) is 7.03. The van der Waals surface area contributed by atoms with Crippen LogP contribution in [0.2, 0.25) is 5.02 Å². The molecule has 4 heteroatoms. The second kappa shape index (κ2) is 9.02. The number of hydrogen-bond donors (Lipinski definition) is 1. The van der Waals surface area contributed by atoms with E-state index in [2.05, 4.69) is 36.6 Å². The molecule has 2 rings (SSSR count). The summed E-state index contributed by atoms with van der Waals surface area (Å²) in [6, 6.07) is 12.2. The van der Waals surface area contributed by atoms with E-state index in [0.717, 1.165) is 34.7 Å². The lowest BCUT2D eigenvalue weighted by atomic mass is 10.0. The Hall–Kier alpha value is -1.42. The van der Waals surface area contributed by atoms with E-state index in [-0.39, 0.29) is 0 Å². The number of halogens is 1. The molecule has 23 heavy (non-hydrogen) atoms. The number of methoxy groups -OCH3 is 1. The van der Waals surface area contributed by atoms with E-state index in [1.807, 2.05) is 18.2 Å². The fraction of sp³-hybridized carbons (Fsp3) is 0.263. The van der Waals surface area contributed by atoms with Crippen molar-refractivity contribution in [2.24, 2.45) is 5.73 Å². The van der Waals surface area contributed by atoms with E-state index in [4.69, 9.17) is 22.1 Å². The second-order valence-corrected chi connectivity index (χ2v) is 6.41. The third kappa shape index (κ3) is 4.77. The molecule has 2 nitrogen and oxygen atoms in total. The Balaban J connectivity index is 2.29. The molecule has 0 spiro atoms. The topological polar surface area (TPSA) is 35.2 Å². The lowest BCUT2D eigenvalue weighted by Gasteiger charge is -2.09. The number of hydrogen-bond acceptors (Lipinski definition) is 3. The van der Waals surface area contributed by atoms with Gasteiger partial charge in [-0.3, -0.25) is 0 Å². The second-order valence-electron chi connectivity index (χ2n) is 5.15. The minimum atomic E-state index is 0.680. The molecular weight excluding hydrogens is 326 g/mol. The Labute approximate surface area is 147 Å². The molecule has 0 aliphatic carbocycles. The molecule has 2 aromatic carbocycles. The van der Waals surface area contributed by atoms with E-state index in [0.29, 0.717) is 6.54 Å². The highest BCUT2D eigenvalue weighted by atomic mass is 35.5. The van der Waals surface area contributed by atoms with E-state index < -0.39 is 0 Å². The quantitative estimate of drug-likeness (QED) is 0.557. The first kappa shape index (κ1) is 17.9. The highest BCUT2D eigenvalue weighted by Gasteiger charge is 2.05. The molecule has 0 saturated heterocycles. The summed E-state index contributed by atoms with van der Waals surface area (Å²) in [7, 11) is 1.70. The first-order chi connectivity index (χ1) is 11.2. The van der Waals surface area contributed by atoms with Gasteiger partial charge in [-0.05, 0) is 61.0 Å². The van der Waals surface area contributed by atoms with Crippen LogP contribution in [0.3, 0.4) is 0 Å². The Morgan fingerprint density at radius 3 is 2.74 bits per heavy atom. The van der Waals surface area contributed by atoms with E-state index >= 15 is 0 Å². The minimum absolute atomic E-state index is 0.680. The van der Waals surface area contributed by atoms with Crippen LogP contribution in [-0.4, -0.2) is 19.9 Å². The summed E-state index contributed by atoms with van der Waals surface area (Å²) < 4.78 is 5.43. The third-order valence-electron chi connectivity index (χ3n) is 3.63. The van der Waals surface area contributed by atoms with Crippen LogP contribution in [0.4, 0.5) is 0 Å². The van der Waals surface area contributed by atoms with Crippen molar-refractivity contribution in [1.82, 2.24) is 0 Å². The van der Waals surface area contributed by atoms with Crippen molar-refractivity contribution in [3.8, 4) is 5.75 Å². The molecule has 2 aromatic rings. The zero-order valence-corrected chi connectivity index (χ0v) is 15.1. The number of nitrogens with two attached hydrogens (primary N) is 1. The van der Waals surface area contributed by atoms with Crippen LogP contribution in [0.1, 0.15) is 23.1 Å². The van der Waals surface area contributed by atoms with Gasteiger partial charge in [-0.25, -0.2) is 0 Å². The summed E-state index contributed by atoms with van der Waals surface area (Å²) in [4.78, 5) is 1.17. The van der Waals surface area contributed by atoms with Gasteiger partial charge in [0.1, 0.15) is 5.75 Å². The van der Waals surface area contributed by atoms with Gasteiger partial charge in [-0.1, -0.05) is 35.9 Å². The van der Waals surface area contributed by atoms with E-state index in [1.165, 1.54) is 10.5 Å². The summed E-state index contributed by atoms with van der Waals surface area (Å²) >= 11 is 8.02. The third-order valence-corrected chi connectivity index (χ3v) is 4.76. The Morgan fingerprint density at radius 2 is 2.04 bits per heavy atom. The van der Waals surface area contributed by atoms with Crippen LogP contribution in [0.15, 0.2) is 41.3 Å². The van der Waals surface area contributed by atoms with Gasteiger partial charge in [0, 0.05) is 15.5 Å². The van der Waals surface area contributed by atoms with Gasteiger partial charge in [0.2, 0.25) is 0 Å². The van der Waals surface area contributed by atoms with Gasteiger partial charge in [0.25, 0.3) is 0 Å². The molecule has 0 aliphatic heterocycles. The highest BCUT2D eigenvalue weighted by Crippen LogP contribution is 2.29. The molecule has 2 N–H and O–H groups in total. The molecule has 122 valence electrons. The Bertz CT molecular complexity index is 685. The lowest BCUT2D eigenvalue weighted by molar-refractivity contribution is 0.409.